The van der Waals surface area contributed by atoms with E-state index >= 15 is 0 Å². The highest BCUT2D eigenvalue weighted by atomic mass is 16.7. The van der Waals surface area contributed by atoms with Crippen LogP contribution in [-0.2, 0) is 14.0 Å². The van der Waals surface area contributed by atoms with Gasteiger partial charge in [0.05, 0.1) is 24.9 Å². The molecule has 128 valence electrons. The fraction of sp³-hybridized carbons (Fsp3) is 0.250. The number of hydrogen-bond donors (Lipinski definition) is 0. The van der Waals surface area contributed by atoms with Crippen LogP contribution in [0.1, 0.15) is 35.3 Å². The molecular formula is C20H21BO4. The number of carbonyl (C=O) groups is 1. The first-order valence-electron chi connectivity index (χ1n) is 8.23. The highest BCUT2D eigenvalue weighted by molar-refractivity contribution is 6.61. The van der Waals surface area contributed by atoms with Crippen LogP contribution in [0, 0.1) is 0 Å². The van der Waals surface area contributed by atoms with Crippen LogP contribution in [0.3, 0.4) is 0 Å². The highest BCUT2D eigenvalue weighted by Crippen LogP contribution is 2.20. The Kier molecular flexibility index (Phi) is 5.07. The lowest BCUT2D eigenvalue weighted by atomic mass is 9.78. The van der Waals surface area contributed by atoms with Crippen LogP contribution in [0.4, 0.5) is 0 Å². The summed E-state index contributed by atoms with van der Waals surface area (Å²) in [6, 6.07) is 15.4. The SMILES string of the molecule is COC(=O)c1ccc(C=Cc2cccc(B3OCC(C)(C)O3)c2)cc1. The molecule has 0 aromatic heterocycles. The molecule has 1 saturated heterocycles. The molecule has 0 radical (unpaired) electrons. The first-order valence-corrected chi connectivity index (χ1v) is 8.23. The summed E-state index contributed by atoms with van der Waals surface area (Å²) in [5.41, 5.74) is 3.37. The average molecular weight is 336 g/mol. The van der Waals surface area contributed by atoms with Gasteiger partial charge >= 0.3 is 13.1 Å². The van der Waals surface area contributed by atoms with E-state index in [4.69, 9.17) is 14.0 Å². The Morgan fingerprint density at radius 1 is 1.12 bits per heavy atom. The zero-order chi connectivity index (χ0) is 17.9. The van der Waals surface area contributed by atoms with Crippen molar-refractivity contribution in [2.24, 2.45) is 0 Å². The summed E-state index contributed by atoms with van der Waals surface area (Å²) in [7, 11) is 1.06. The van der Waals surface area contributed by atoms with Crippen LogP contribution in [0.2, 0.25) is 0 Å². The van der Waals surface area contributed by atoms with E-state index in [-0.39, 0.29) is 18.7 Å². The van der Waals surface area contributed by atoms with Gasteiger partial charge in [-0.1, -0.05) is 48.6 Å². The summed E-state index contributed by atoms with van der Waals surface area (Å²) in [5.74, 6) is -0.331. The van der Waals surface area contributed by atoms with Gasteiger partial charge in [-0.15, -0.1) is 0 Å². The molecule has 0 saturated carbocycles. The number of carbonyl (C=O) groups excluding carboxylic acids is 1. The number of rotatable bonds is 4. The van der Waals surface area contributed by atoms with Crippen LogP contribution in [0.25, 0.3) is 12.2 Å². The average Bonchev–Trinajstić information content (AvgIpc) is 3.00. The Morgan fingerprint density at radius 2 is 1.84 bits per heavy atom. The number of ether oxygens (including phenoxy) is 1. The second kappa shape index (κ2) is 7.25. The molecule has 2 aromatic carbocycles. The van der Waals surface area contributed by atoms with Gasteiger partial charge in [-0.2, -0.15) is 0 Å². The second-order valence-electron chi connectivity index (χ2n) is 6.64. The van der Waals surface area contributed by atoms with Crippen LogP contribution < -0.4 is 5.46 Å². The molecule has 0 amide bonds. The Hall–Kier alpha value is -2.37. The Balaban J connectivity index is 1.71. The van der Waals surface area contributed by atoms with E-state index in [0.717, 1.165) is 16.6 Å². The van der Waals surface area contributed by atoms with Crippen molar-refractivity contribution in [2.45, 2.75) is 19.4 Å². The lowest BCUT2D eigenvalue weighted by molar-refractivity contribution is 0.0600. The molecule has 0 aliphatic carbocycles. The van der Waals surface area contributed by atoms with Gasteiger partial charge in [0.1, 0.15) is 0 Å². The van der Waals surface area contributed by atoms with Crippen molar-refractivity contribution in [3.05, 3.63) is 65.2 Å². The third-order valence-corrected chi connectivity index (χ3v) is 3.99. The minimum atomic E-state index is -0.331. The van der Waals surface area contributed by atoms with Gasteiger partial charge in [0, 0.05) is 0 Å². The molecule has 0 bridgehead atoms. The predicted octanol–water partition coefficient (Wildman–Crippen LogP) is 3.16. The largest absolute Gasteiger partial charge is 0.494 e. The number of benzene rings is 2. The Bertz CT molecular complexity index is 781. The smallest absolute Gasteiger partial charge is 0.465 e. The minimum absolute atomic E-state index is 0.252. The van der Waals surface area contributed by atoms with E-state index in [1.165, 1.54) is 7.11 Å². The molecular weight excluding hydrogens is 315 g/mol. The Morgan fingerprint density at radius 3 is 2.48 bits per heavy atom. The molecule has 3 rings (SSSR count). The lowest BCUT2D eigenvalue weighted by Gasteiger charge is -2.15. The third kappa shape index (κ3) is 4.38. The first-order chi connectivity index (χ1) is 12.0. The number of esters is 1. The topological polar surface area (TPSA) is 44.8 Å². The third-order valence-electron chi connectivity index (χ3n) is 3.99. The van der Waals surface area contributed by atoms with E-state index in [0.29, 0.717) is 12.2 Å². The van der Waals surface area contributed by atoms with Gasteiger partial charge < -0.3 is 14.0 Å². The summed E-state index contributed by atoms with van der Waals surface area (Å²) < 4.78 is 16.3. The molecule has 0 atom stereocenters. The number of methoxy groups -OCH3 is 1. The normalized spacial score (nSPS) is 16.4. The van der Waals surface area contributed by atoms with Crippen molar-refractivity contribution in [1.29, 1.82) is 0 Å². The second-order valence-corrected chi connectivity index (χ2v) is 6.64. The molecule has 1 fully saturated rings. The molecule has 1 aliphatic rings. The van der Waals surface area contributed by atoms with E-state index in [1.54, 1.807) is 12.1 Å². The van der Waals surface area contributed by atoms with Crippen LogP contribution in [0.5, 0.6) is 0 Å². The molecule has 25 heavy (non-hydrogen) atoms. The zero-order valence-electron chi connectivity index (χ0n) is 14.7. The number of hydrogen-bond acceptors (Lipinski definition) is 4. The summed E-state index contributed by atoms with van der Waals surface area (Å²) in [6.45, 7) is 4.63. The molecule has 5 heteroatoms. The molecule has 0 N–H and O–H groups in total. The van der Waals surface area contributed by atoms with Crippen molar-refractivity contribution in [3.63, 3.8) is 0 Å². The maximum absolute atomic E-state index is 11.4. The molecule has 1 heterocycles. The van der Waals surface area contributed by atoms with Crippen molar-refractivity contribution < 1.29 is 18.8 Å². The van der Waals surface area contributed by atoms with Gasteiger partial charge in [0.25, 0.3) is 0 Å². The Labute approximate surface area is 148 Å². The van der Waals surface area contributed by atoms with Crippen LogP contribution >= 0.6 is 0 Å². The molecule has 0 spiro atoms. The van der Waals surface area contributed by atoms with Crippen LogP contribution in [0.15, 0.2) is 48.5 Å². The summed E-state index contributed by atoms with van der Waals surface area (Å²) in [6.07, 6.45) is 4.03. The van der Waals surface area contributed by atoms with Gasteiger partial charge in [0.15, 0.2) is 0 Å². The van der Waals surface area contributed by atoms with Gasteiger partial charge in [-0.25, -0.2) is 4.79 Å². The monoisotopic (exact) mass is 336 g/mol. The van der Waals surface area contributed by atoms with E-state index in [9.17, 15) is 4.79 Å². The van der Waals surface area contributed by atoms with Crippen LogP contribution in [-0.4, -0.2) is 32.4 Å². The summed E-state index contributed by atoms with van der Waals surface area (Å²) in [4.78, 5) is 11.4. The standard InChI is InChI=1S/C20H21BO4/c1-20(2)14-24-21(25-20)18-6-4-5-16(13-18)8-7-15-9-11-17(12-10-15)19(22)23-3/h4-13H,14H2,1-3H3. The van der Waals surface area contributed by atoms with E-state index in [1.807, 2.05) is 56.3 Å². The van der Waals surface area contributed by atoms with E-state index in [2.05, 4.69) is 6.07 Å². The lowest BCUT2D eigenvalue weighted by Crippen LogP contribution is -2.34. The van der Waals surface area contributed by atoms with Crippen molar-refractivity contribution >= 4 is 30.7 Å². The van der Waals surface area contributed by atoms with Crippen molar-refractivity contribution in [1.82, 2.24) is 0 Å². The summed E-state index contributed by atoms with van der Waals surface area (Å²) >= 11 is 0. The minimum Gasteiger partial charge on any atom is -0.465 e. The molecule has 0 unspecified atom stereocenters. The highest BCUT2D eigenvalue weighted by Gasteiger charge is 2.37. The van der Waals surface area contributed by atoms with Crippen molar-refractivity contribution in [3.8, 4) is 0 Å². The maximum atomic E-state index is 11.4. The van der Waals surface area contributed by atoms with Gasteiger partial charge in [-0.3, -0.25) is 0 Å². The maximum Gasteiger partial charge on any atom is 0.494 e. The fourth-order valence-corrected chi connectivity index (χ4v) is 2.65. The summed E-state index contributed by atoms with van der Waals surface area (Å²) in [5, 5.41) is 0. The predicted molar refractivity (Wildman–Crippen MR) is 99.7 cm³/mol. The van der Waals surface area contributed by atoms with Crippen molar-refractivity contribution in [2.75, 3.05) is 13.7 Å². The molecule has 1 aliphatic heterocycles. The zero-order valence-corrected chi connectivity index (χ0v) is 14.7. The van der Waals surface area contributed by atoms with E-state index < -0.39 is 0 Å². The molecule has 2 aromatic rings. The van der Waals surface area contributed by atoms with Gasteiger partial charge in [0.2, 0.25) is 0 Å². The quantitative estimate of drug-likeness (QED) is 0.489. The molecule has 4 nitrogen and oxygen atoms in total. The fourth-order valence-electron chi connectivity index (χ4n) is 2.65. The first kappa shape index (κ1) is 17.5. The van der Waals surface area contributed by atoms with Gasteiger partial charge in [-0.05, 0) is 42.6 Å².